The summed E-state index contributed by atoms with van der Waals surface area (Å²) in [6.07, 6.45) is 7.34. The molecule has 4 rings (SSSR count). The van der Waals surface area contributed by atoms with E-state index in [1.807, 2.05) is 22.5 Å². The normalized spacial score (nSPS) is 21.0. The number of fused-ring (bicyclic) bond motifs is 2. The molecule has 2 unspecified atom stereocenters. The molecule has 2 atom stereocenters. The molecule has 298 valence electrons. The number of aliphatic carboxylic acids is 1. The molecule has 2 heterocycles. The van der Waals surface area contributed by atoms with Crippen LogP contribution in [0.15, 0.2) is 70.1 Å². The molecule has 18 heteroatoms. The lowest BCUT2D eigenvalue weighted by Crippen LogP contribution is -2.32. The second-order valence-corrected chi connectivity index (χ2v) is 18.1. The number of allylic oxidation sites excluding steroid dienone is 4. The first-order valence-corrected chi connectivity index (χ1v) is 21.7. The van der Waals surface area contributed by atoms with E-state index in [1.165, 1.54) is 37.4 Å². The van der Waals surface area contributed by atoms with Crippen LogP contribution >= 0.6 is 0 Å². The molecule has 0 bridgehead atoms. The van der Waals surface area contributed by atoms with Crippen molar-refractivity contribution in [1.29, 1.82) is 0 Å². The van der Waals surface area contributed by atoms with Gasteiger partial charge < -0.3 is 33.1 Å². The number of ether oxygens (including phenoxy) is 2. The van der Waals surface area contributed by atoms with E-state index in [0.29, 0.717) is 73.6 Å². The van der Waals surface area contributed by atoms with Crippen molar-refractivity contribution in [2.24, 2.45) is 0 Å². The van der Waals surface area contributed by atoms with Gasteiger partial charge in [-0.25, -0.2) is 25.3 Å². The Bertz CT molecular complexity index is 2160. The second kappa shape index (κ2) is 17.1. The van der Waals surface area contributed by atoms with Gasteiger partial charge in [0, 0.05) is 80.5 Å². The van der Waals surface area contributed by atoms with Crippen LogP contribution in [-0.4, -0.2) is 107 Å². The third kappa shape index (κ3) is 9.84. The number of nitrogens with zero attached hydrogens (tertiary/aromatic N) is 2. The van der Waals surface area contributed by atoms with Crippen LogP contribution in [-0.2, 0) is 55.5 Å². The number of carboxylic acids is 1. The molecule has 0 radical (unpaired) electrons. The average Bonchev–Trinajstić information content (AvgIpc) is 3.44. The molecule has 0 amide bonds. The van der Waals surface area contributed by atoms with E-state index in [9.17, 15) is 43.7 Å². The van der Waals surface area contributed by atoms with Crippen molar-refractivity contribution in [2.75, 3.05) is 51.2 Å². The van der Waals surface area contributed by atoms with E-state index in [4.69, 9.17) is 14.6 Å². The molecule has 0 fully saturated rings. The van der Waals surface area contributed by atoms with Gasteiger partial charge in [-0.3, -0.25) is 4.79 Å². The zero-order chi connectivity index (χ0) is 40.1. The van der Waals surface area contributed by atoms with Gasteiger partial charge in [0.2, 0.25) is 5.69 Å². The van der Waals surface area contributed by atoms with Crippen molar-refractivity contribution >= 4 is 53.4 Å². The third-order valence-electron chi connectivity index (χ3n) is 10.2. The molecule has 0 spiro atoms. The first-order valence-electron chi connectivity index (χ1n) is 17.3. The third-order valence-corrected chi connectivity index (χ3v) is 12.6. The van der Waals surface area contributed by atoms with Crippen LogP contribution in [0.2, 0.25) is 0 Å². The minimum absolute atomic E-state index is 0.0151. The first kappa shape index (κ1) is 43.2. The van der Waals surface area contributed by atoms with Crippen molar-refractivity contribution in [1.82, 2.24) is 0 Å². The van der Waals surface area contributed by atoms with Crippen LogP contribution in [0.1, 0.15) is 69.9 Å². The zero-order valence-corrected chi connectivity index (χ0v) is 33.1. The lowest BCUT2D eigenvalue weighted by Gasteiger charge is -2.30. The number of methoxy groups -OCH3 is 2. The van der Waals surface area contributed by atoms with Crippen LogP contribution in [0.3, 0.4) is 0 Å². The molecule has 2 aromatic rings. The molecule has 0 aromatic heterocycles. The number of unbranched alkanes of at least 4 members (excludes halogenated alkanes) is 2. The van der Waals surface area contributed by atoms with E-state index < -0.39 is 57.8 Å². The molecule has 2 aliphatic rings. The lowest BCUT2D eigenvalue weighted by atomic mass is 9.75. The largest absolute Gasteiger partial charge is 0.748 e. The Morgan fingerprint density at radius 1 is 0.833 bits per heavy atom. The number of carboxylic acid groups (broad SMARTS) is 1. The summed E-state index contributed by atoms with van der Waals surface area (Å²) in [7, 11) is -11.2. The predicted molar refractivity (Wildman–Crippen MR) is 196 cm³/mol. The van der Waals surface area contributed by atoms with Gasteiger partial charge in [-0.1, -0.05) is 6.08 Å². The van der Waals surface area contributed by atoms with E-state index in [-0.39, 0.29) is 30.8 Å². The van der Waals surface area contributed by atoms with Gasteiger partial charge in [0.25, 0.3) is 0 Å². The Hall–Kier alpha value is -3.49. The summed E-state index contributed by atoms with van der Waals surface area (Å²) in [6, 6.07) is 8.24. The molecule has 1 N–H and O–H groups in total. The number of anilines is 1. The molecular weight excluding hydrogens is 765 g/mol. The number of rotatable bonds is 20. The highest BCUT2D eigenvalue weighted by Gasteiger charge is 2.48. The maximum atomic E-state index is 12.1. The van der Waals surface area contributed by atoms with Crippen molar-refractivity contribution < 1.29 is 62.9 Å². The minimum atomic E-state index is -4.88. The van der Waals surface area contributed by atoms with Crippen molar-refractivity contribution in [3.63, 3.8) is 0 Å². The predicted octanol–water partition coefficient (Wildman–Crippen LogP) is 3.72. The fourth-order valence-electron chi connectivity index (χ4n) is 7.43. The zero-order valence-electron chi connectivity index (χ0n) is 30.6. The summed E-state index contributed by atoms with van der Waals surface area (Å²) in [4.78, 5) is 12.2. The maximum Gasteiger partial charge on any atom is 0.303 e. The SMILES string of the molecule is COCCN1/C(=C/C=C/C2=[N+](CCCCCC(=O)O)c3ccc(S(=O)(=O)[O-])cc3C2(C)CCCS(=O)(=O)[O-])C(C)(CCOC)c2cc(S(=O)(=O)[O-])ccc21. The van der Waals surface area contributed by atoms with Gasteiger partial charge in [-0.15, -0.1) is 0 Å². The molecule has 0 saturated carbocycles. The molecular formula is C36H46N2O13S3-2. The quantitative estimate of drug-likeness (QED) is 0.114. The number of benzene rings is 2. The molecule has 15 nitrogen and oxygen atoms in total. The van der Waals surface area contributed by atoms with Crippen LogP contribution in [0.25, 0.3) is 0 Å². The fraction of sp³-hybridized carbons (Fsp3) is 0.500. The average molecular weight is 811 g/mol. The monoisotopic (exact) mass is 810 g/mol. The van der Waals surface area contributed by atoms with Crippen molar-refractivity contribution in [2.45, 2.75) is 79.4 Å². The fourth-order valence-corrected chi connectivity index (χ4v) is 8.92. The van der Waals surface area contributed by atoms with Gasteiger partial charge in [-0.05, 0) is 87.9 Å². The Kier molecular flexibility index (Phi) is 13.7. The van der Waals surface area contributed by atoms with Crippen LogP contribution < -0.4 is 4.90 Å². The van der Waals surface area contributed by atoms with E-state index in [2.05, 4.69) is 0 Å². The summed E-state index contributed by atoms with van der Waals surface area (Å²) in [5.74, 6) is -1.59. The smallest absolute Gasteiger partial charge is 0.303 e. The Morgan fingerprint density at radius 2 is 1.46 bits per heavy atom. The summed E-state index contributed by atoms with van der Waals surface area (Å²) in [6.45, 7) is 5.02. The topological polar surface area (TPSA) is 234 Å². The number of hydrogen-bond acceptors (Lipinski definition) is 13. The van der Waals surface area contributed by atoms with E-state index in [0.717, 1.165) is 5.70 Å². The highest BCUT2D eigenvalue weighted by molar-refractivity contribution is 7.86. The summed E-state index contributed by atoms with van der Waals surface area (Å²) in [5.41, 5.74) is 1.73. The molecule has 2 aliphatic heterocycles. The summed E-state index contributed by atoms with van der Waals surface area (Å²) >= 11 is 0. The summed E-state index contributed by atoms with van der Waals surface area (Å²) < 4.78 is 120. The Labute approximate surface area is 317 Å². The van der Waals surface area contributed by atoms with E-state index >= 15 is 0 Å². The van der Waals surface area contributed by atoms with Crippen LogP contribution in [0, 0.1) is 0 Å². The van der Waals surface area contributed by atoms with Gasteiger partial charge >= 0.3 is 5.97 Å². The Morgan fingerprint density at radius 3 is 2.06 bits per heavy atom. The maximum absolute atomic E-state index is 12.1. The van der Waals surface area contributed by atoms with Crippen molar-refractivity contribution in [3.8, 4) is 0 Å². The Balaban J connectivity index is 1.91. The van der Waals surface area contributed by atoms with Gasteiger partial charge in [-0.2, -0.15) is 4.58 Å². The van der Waals surface area contributed by atoms with Crippen LogP contribution in [0.4, 0.5) is 11.4 Å². The molecule has 54 heavy (non-hydrogen) atoms. The highest BCUT2D eigenvalue weighted by Crippen LogP contribution is 2.51. The van der Waals surface area contributed by atoms with Gasteiger partial charge in [0.15, 0.2) is 5.71 Å². The number of carbonyl (C=O) groups is 1. The first-order chi connectivity index (χ1) is 25.2. The minimum Gasteiger partial charge on any atom is -0.748 e. The molecule has 2 aromatic carbocycles. The second-order valence-electron chi connectivity index (χ2n) is 13.8. The molecule has 0 aliphatic carbocycles. The van der Waals surface area contributed by atoms with Gasteiger partial charge in [0.1, 0.15) is 26.8 Å². The van der Waals surface area contributed by atoms with Gasteiger partial charge in [0.05, 0.1) is 31.9 Å². The number of hydrogen-bond donors (Lipinski definition) is 1. The van der Waals surface area contributed by atoms with E-state index in [1.54, 1.807) is 32.3 Å². The lowest BCUT2D eigenvalue weighted by molar-refractivity contribution is -0.438. The molecule has 0 saturated heterocycles. The standard InChI is InChI=1S/C36H48N2O13S3/c1-35(17-9-23-52(41,42)43)28-24-26(53(44,45)46)13-15-30(28)37(19-7-5-6-12-34(39)40)32(35)10-8-11-33-36(2,18-21-50-3)29-25-27(54(47,48)49)14-16-31(29)38(33)20-22-51-4/h8,10-11,13-16,24-25H,5-7,9,12,17-23H2,1-4H3,(H3-,39,40,41,42,43,44,45,46,47,48,49)/p-2. The van der Waals surface area contributed by atoms with Crippen molar-refractivity contribution in [3.05, 3.63) is 71.5 Å². The highest BCUT2D eigenvalue weighted by atomic mass is 32.2. The summed E-state index contributed by atoms with van der Waals surface area (Å²) in [5, 5.41) is 9.11. The van der Waals surface area contributed by atoms with Crippen LogP contribution in [0.5, 0.6) is 0 Å².